The molecule has 1 aromatic heterocycles. The molecule has 0 radical (unpaired) electrons. The maximum absolute atomic E-state index is 14.1. The van der Waals surface area contributed by atoms with Gasteiger partial charge in [0.2, 0.25) is 5.89 Å². The van der Waals surface area contributed by atoms with Crippen LogP contribution in [0.15, 0.2) is 22.7 Å². The quantitative estimate of drug-likeness (QED) is 0.935. The van der Waals surface area contributed by atoms with Crippen LogP contribution in [0.4, 0.5) is 13.6 Å². The molecule has 1 atom stereocenters. The topological polar surface area (TPSA) is 71.3 Å². The summed E-state index contributed by atoms with van der Waals surface area (Å²) in [5.41, 5.74) is 0.335. The number of amides is 2. The normalized spacial score (nSPS) is 17.8. The number of urea groups is 1. The van der Waals surface area contributed by atoms with E-state index in [0.29, 0.717) is 30.2 Å². The fourth-order valence-electron chi connectivity index (χ4n) is 2.94. The molecule has 2 amide bonds. The predicted octanol–water partition coefficient (Wildman–Crippen LogP) is 3.09. The van der Waals surface area contributed by atoms with Crippen molar-refractivity contribution in [2.75, 3.05) is 6.54 Å². The van der Waals surface area contributed by atoms with Gasteiger partial charge < -0.3 is 14.7 Å². The van der Waals surface area contributed by atoms with Crippen LogP contribution in [-0.2, 0) is 6.54 Å². The molecule has 2 aromatic rings. The molecule has 0 aliphatic carbocycles. The van der Waals surface area contributed by atoms with Gasteiger partial charge in [-0.05, 0) is 25.3 Å². The Morgan fingerprint density at radius 2 is 2.25 bits per heavy atom. The van der Waals surface area contributed by atoms with Crippen molar-refractivity contribution in [1.82, 2.24) is 20.4 Å². The number of likely N-dealkylation sites (tertiary alicyclic amines) is 1. The number of carbonyl (C=O) groups is 1. The highest BCUT2D eigenvalue weighted by Gasteiger charge is 2.30. The highest BCUT2D eigenvalue weighted by atomic mass is 19.1. The third kappa shape index (κ3) is 3.52. The van der Waals surface area contributed by atoms with Gasteiger partial charge in [-0.15, -0.1) is 0 Å². The molecule has 1 aromatic carbocycles. The van der Waals surface area contributed by atoms with Gasteiger partial charge in [-0.2, -0.15) is 4.98 Å². The smallest absolute Gasteiger partial charge is 0.318 e. The Morgan fingerprint density at radius 1 is 1.42 bits per heavy atom. The summed E-state index contributed by atoms with van der Waals surface area (Å²) in [6.07, 6.45) is 2.36. The van der Waals surface area contributed by atoms with E-state index in [9.17, 15) is 13.6 Å². The van der Waals surface area contributed by atoms with Crippen LogP contribution in [0.25, 0.3) is 0 Å². The molecule has 0 bridgehead atoms. The number of aromatic nitrogens is 2. The van der Waals surface area contributed by atoms with Gasteiger partial charge in [0.05, 0.1) is 12.6 Å². The number of hydrogen-bond donors (Lipinski definition) is 1. The van der Waals surface area contributed by atoms with Crippen molar-refractivity contribution in [2.24, 2.45) is 0 Å². The van der Waals surface area contributed by atoms with Gasteiger partial charge in [-0.3, -0.25) is 0 Å². The minimum Gasteiger partial charge on any atom is -0.340 e. The molecule has 1 saturated heterocycles. The van der Waals surface area contributed by atoms with Crippen molar-refractivity contribution in [1.29, 1.82) is 0 Å². The van der Waals surface area contributed by atoms with Gasteiger partial charge in [-0.1, -0.05) is 11.2 Å². The van der Waals surface area contributed by atoms with Gasteiger partial charge in [0.1, 0.15) is 11.6 Å². The van der Waals surface area contributed by atoms with E-state index < -0.39 is 17.7 Å². The molecule has 1 aliphatic heterocycles. The average molecular weight is 336 g/mol. The zero-order valence-corrected chi connectivity index (χ0v) is 13.3. The molecular weight excluding hydrogens is 318 g/mol. The maximum atomic E-state index is 14.1. The Morgan fingerprint density at radius 3 is 2.96 bits per heavy atom. The summed E-state index contributed by atoms with van der Waals surface area (Å²) in [6, 6.07) is 2.73. The minimum absolute atomic E-state index is 0.130. The van der Waals surface area contributed by atoms with E-state index in [2.05, 4.69) is 15.5 Å². The maximum Gasteiger partial charge on any atom is 0.318 e. The van der Waals surface area contributed by atoms with Crippen LogP contribution in [0.5, 0.6) is 0 Å². The molecule has 3 rings (SSSR count). The fourth-order valence-corrected chi connectivity index (χ4v) is 2.94. The van der Waals surface area contributed by atoms with Gasteiger partial charge in [0.25, 0.3) is 0 Å². The van der Waals surface area contributed by atoms with Crippen molar-refractivity contribution in [3.8, 4) is 0 Å². The lowest BCUT2D eigenvalue weighted by Crippen LogP contribution is -2.44. The molecule has 1 aliphatic rings. The Bertz CT molecular complexity index is 735. The summed E-state index contributed by atoms with van der Waals surface area (Å²) in [4.78, 5) is 18.1. The van der Waals surface area contributed by atoms with Gasteiger partial charge in [0, 0.05) is 25.1 Å². The largest absolute Gasteiger partial charge is 0.340 e. The summed E-state index contributed by atoms with van der Waals surface area (Å²) < 4.78 is 32.1. The highest BCUT2D eigenvalue weighted by Crippen LogP contribution is 2.32. The minimum atomic E-state index is -0.631. The number of nitrogens with one attached hydrogen (secondary N) is 1. The van der Waals surface area contributed by atoms with E-state index >= 15 is 0 Å². The lowest BCUT2D eigenvalue weighted by Gasteiger charge is -2.36. The van der Waals surface area contributed by atoms with E-state index in [1.54, 1.807) is 11.8 Å². The number of carbonyl (C=O) groups excluding carboxylic acids is 1. The van der Waals surface area contributed by atoms with Crippen molar-refractivity contribution < 1.29 is 18.1 Å². The monoisotopic (exact) mass is 336 g/mol. The van der Waals surface area contributed by atoms with Crippen molar-refractivity contribution in [3.63, 3.8) is 0 Å². The van der Waals surface area contributed by atoms with Gasteiger partial charge in [-0.25, -0.2) is 13.6 Å². The molecular formula is C16H18F2N4O2. The SMILES string of the molecule is Cc1nc(CNC(=O)N2CCCCC2c2ccc(F)cc2F)no1. The molecule has 24 heavy (non-hydrogen) atoms. The van der Waals surface area contributed by atoms with Crippen LogP contribution in [0.3, 0.4) is 0 Å². The third-order valence-electron chi connectivity index (χ3n) is 4.05. The Balaban J connectivity index is 1.72. The number of rotatable bonds is 3. The Labute approximate surface area is 137 Å². The zero-order chi connectivity index (χ0) is 17.1. The lowest BCUT2D eigenvalue weighted by molar-refractivity contribution is 0.149. The molecule has 2 heterocycles. The van der Waals surface area contributed by atoms with Crippen molar-refractivity contribution >= 4 is 6.03 Å². The zero-order valence-electron chi connectivity index (χ0n) is 13.3. The first-order chi connectivity index (χ1) is 11.5. The van der Waals surface area contributed by atoms with E-state index in [1.165, 1.54) is 12.1 Å². The molecule has 1 unspecified atom stereocenters. The molecule has 8 heteroatoms. The summed E-state index contributed by atoms with van der Waals surface area (Å²) in [5, 5.41) is 6.43. The number of halogens is 2. The molecule has 1 fully saturated rings. The fraction of sp³-hybridized carbons (Fsp3) is 0.438. The van der Waals surface area contributed by atoms with Gasteiger partial charge >= 0.3 is 6.03 Å². The third-order valence-corrected chi connectivity index (χ3v) is 4.05. The summed E-state index contributed by atoms with van der Waals surface area (Å²) in [5.74, 6) is -0.463. The van der Waals surface area contributed by atoms with Crippen LogP contribution < -0.4 is 5.32 Å². The number of aryl methyl sites for hydroxylation is 1. The second-order valence-electron chi connectivity index (χ2n) is 5.76. The van der Waals surface area contributed by atoms with Crippen molar-refractivity contribution in [2.45, 2.75) is 38.8 Å². The summed E-state index contributed by atoms with van der Waals surface area (Å²) >= 11 is 0. The number of hydrogen-bond acceptors (Lipinski definition) is 4. The van der Waals surface area contributed by atoms with Gasteiger partial charge in [0.15, 0.2) is 5.82 Å². The van der Waals surface area contributed by atoms with E-state index in [0.717, 1.165) is 18.9 Å². The van der Waals surface area contributed by atoms with Crippen LogP contribution >= 0.6 is 0 Å². The van der Waals surface area contributed by atoms with Crippen LogP contribution in [0, 0.1) is 18.6 Å². The van der Waals surface area contributed by atoms with Crippen LogP contribution in [0.1, 0.15) is 42.6 Å². The summed E-state index contributed by atoms with van der Waals surface area (Å²) in [6.45, 7) is 2.31. The molecule has 6 nitrogen and oxygen atoms in total. The first kappa shape index (κ1) is 16.4. The van der Waals surface area contributed by atoms with E-state index in [4.69, 9.17) is 4.52 Å². The Kier molecular flexibility index (Phi) is 4.73. The molecule has 0 saturated carbocycles. The molecule has 128 valence electrons. The van der Waals surface area contributed by atoms with E-state index in [1.807, 2.05) is 0 Å². The number of nitrogens with zero attached hydrogens (tertiary/aromatic N) is 3. The summed E-state index contributed by atoms with van der Waals surface area (Å²) in [7, 11) is 0. The number of piperidine rings is 1. The molecule has 1 N–H and O–H groups in total. The highest BCUT2D eigenvalue weighted by molar-refractivity contribution is 5.74. The first-order valence-corrected chi connectivity index (χ1v) is 7.83. The van der Waals surface area contributed by atoms with Crippen LogP contribution in [0.2, 0.25) is 0 Å². The lowest BCUT2D eigenvalue weighted by atomic mass is 9.95. The molecule has 0 spiro atoms. The number of benzene rings is 1. The second-order valence-corrected chi connectivity index (χ2v) is 5.76. The van der Waals surface area contributed by atoms with Crippen LogP contribution in [-0.4, -0.2) is 27.6 Å². The van der Waals surface area contributed by atoms with E-state index in [-0.39, 0.29) is 12.6 Å². The standard InChI is InChI=1S/C16H18F2N4O2/c1-10-20-15(21-24-10)9-19-16(23)22-7-3-2-4-14(22)12-6-5-11(17)8-13(12)18/h5-6,8,14H,2-4,7,9H2,1H3,(H,19,23). The van der Waals surface area contributed by atoms with Crippen molar-refractivity contribution in [3.05, 3.63) is 47.1 Å². The predicted molar refractivity (Wildman–Crippen MR) is 80.9 cm³/mol. The second kappa shape index (κ2) is 6.94. The Hall–Kier alpha value is -2.51. The first-order valence-electron chi connectivity index (χ1n) is 7.83. The average Bonchev–Trinajstić information content (AvgIpc) is 2.98.